The molecule has 2 aromatic rings. The lowest BCUT2D eigenvalue weighted by Gasteiger charge is -2.38. The van der Waals surface area contributed by atoms with E-state index in [0.29, 0.717) is 23.3 Å². The van der Waals surface area contributed by atoms with Crippen LogP contribution < -0.4 is 5.32 Å². The third-order valence-corrected chi connectivity index (χ3v) is 3.62. The number of furan rings is 1. The van der Waals surface area contributed by atoms with Crippen molar-refractivity contribution in [1.82, 2.24) is 5.32 Å². The normalized spacial score (nSPS) is 17.1. The van der Waals surface area contributed by atoms with Gasteiger partial charge in [-0.05, 0) is 6.07 Å². The minimum atomic E-state index is -0.954. The molecule has 1 saturated heterocycles. The molecule has 0 saturated carbocycles. The molecule has 0 aliphatic carbocycles. The van der Waals surface area contributed by atoms with E-state index in [1.165, 1.54) is 0 Å². The molecule has 0 amide bonds. The summed E-state index contributed by atoms with van der Waals surface area (Å²) < 4.78 is 10.8. The molecule has 0 unspecified atom stereocenters. The fourth-order valence-electron chi connectivity index (χ4n) is 2.49. The van der Waals surface area contributed by atoms with E-state index in [4.69, 9.17) is 9.15 Å². The number of hydrogen-bond acceptors (Lipinski definition) is 4. The van der Waals surface area contributed by atoms with Crippen molar-refractivity contribution in [1.29, 1.82) is 0 Å². The van der Waals surface area contributed by atoms with Gasteiger partial charge in [0.15, 0.2) is 0 Å². The molecule has 2 N–H and O–H groups in total. The molecule has 3 rings (SSSR count). The minimum absolute atomic E-state index is 0.148. The van der Waals surface area contributed by atoms with Crippen molar-refractivity contribution in [3.8, 4) is 0 Å². The Morgan fingerprint density at radius 1 is 1.40 bits per heavy atom. The fourth-order valence-corrected chi connectivity index (χ4v) is 2.49. The van der Waals surface area contributed by atoms with E-state index < -0.39 is 5.97 Å². The van der Waals surface area contributed by atoms with Gasteiger partial charge in [-0.25, -0.2) is 4.79 Å². The van der Waals surface area contributed by atoms with Crippen molar-refractivity contribution in [2.45, 2.75) is 13.5 Å². The molecule has 1 aliphatic rings. The molecule has 20 heavy (non-hydrogen) atoms. The lowest BCUT2D eigenvalue weighted by molar-refractivity contribution is -0.0992. The highest BCUT2D eigenvalue weighted by molar-refractivity contribution is 6.03. The van der Waals surface area contributed by atoms with E-state index in [-0.39, 0.29) is 11.0 Å². The van der Waals surface area contributed by atoms with Gasteiger partial charge in [0.2, 0.25) is 0 Å². The Kier molecular flexibility index (Phi) is 3.23. The second-order valence-corrected chi connectivity index (χ2v) is 5.61. The molecule has 0 spiro atoms. The highest BCUT2D eigenvalue weighted by Crippen LogP contribution is 2.27. The Labute approximate surface area is 116 Å². The average molecular weight is 275 g/mol. The number of para-hydroxylation sites is 1. The summed E-state index contributed by atoms with van der Waals surface area (Å²) in [5, 5.41) is 13.3. The Balaban J connectivity index is 1.79. The average Bonchev–Trinajstić information content (AvgIpc) is 2.75. The van der Waals surface area contributed by atoms with Crippen LogP contribution >= 0.6 is 0 Å². The van der Waals surface area contributed by atoms with Crippen LogP contribution in [-0.2, 0) is 11.3 Å². The topological polar surface area (TPSA) is 71.7 Å². The number of carboxylic acid groups (broad SMARTS) is 1. The summed E-state index contributed by atoms with van der Waals surface area (Å²) in [6.45, 7) is 4.81. The number of nitrogens with one attached hydrogen (secondary N) is 1. The molecular formula is C15H17NO4. The van der Waals surface area contributed by atoms with Crippen molar-refractivity contribution < 1.29 is 19.1 Å². The van der Waals surface area contributed by atoms with E-state index >= 15 is 0 Å². The third kappa shape index (κ3) is 2.30. The Bertz CT molecular complexity index is 642. The van der Waals surface area contributed by atoms with Gasteiger partial charge in [-0.15, -0.1) is 0 Å². The number of carbonyl (C=O) groups is 1. The zero-order chi connectivity index (χ0) is 14.2. The van der Waals surface area contributed by atoms with Gasteiger partial charge in [0.05, 0.1) is 19.8 Å². The third-order valence-electron chi connectivity index (χ3n) is 3.62. The molecule has 5 nitrogen and oxygen atoms in total. The molecule has 5 heteroatoms. The van der Waals surface area contributed by atoms with Gasteiger partial charge in [0, 0.05) is 17.3 Å². The smallest absolute Gasteiger partial charge is 0.339 e. The van der Waals surface area contributed by atoms with Crippen molar-refractivity contribution in [2.75, 3.05) is 19.8 Å². The van der Waals surface area contributed by atoms with E-state index in [2.05, 4.69) is 12.2 Å². The van der Waals surface area contributed by atoms with Crippen LogP contribution in [0.4, 0.5) is 0 Å². The van der Waals surface area contributed by atoms with Gasteiger partial charge >= 0.3 is 5.97 Å². The summed E-state index contributed by atoms with van der Waals surface area (Å²) >= 11 is 0. The highest BCUT2D eigenvalue weighted by Gasteiger charge is 2.33. The molecule has 1 aromatic carbocycles. The number of ether oxygens (including phenoxy) is 1. The van der Waals surface area contributed by atoms with Crippen LogP contribution in [0.15, 0.2) is 28.7 Å². The predicted octanol–water partition coefficient (Wildman–Crippen LogP) is 2.26. The molecule has 1 aromatic heterocycles. The largest absolute Gasteiger partial charge is 0.478 e. The maximum absolute atomic E-state index is 11.4. The molecule has 106 valence electrons. The van der Waals surface area contributed by atoms with Crippen LogP contribution in [-0.4, -0.2) is 30.8 Å². The highest BCUT2D eigenvalue weighted by atomic mass is 16.5. The zero-order valence-corrected chi connectivity index (χ0v) is 11.3. The molecule has 0 bridgehead atoms. The lowest BCUT2D eigenvalue weighted by atomic mass is 9.89. The number of rotatable bonds is 5. The lowest BCUT2D eigenvalue weighted by Crippen LogP contribution is -2.47. The number of fused-ring (bicyclic) bond motifs is 1. The van der Waals surface area contributed by atoms with Crippen LogP contribution in [0.3, 0.4) is 0 Å². The molecular weight excluding hydrogens is 258 g/mol. The summed E-state index contributed by atoms with van der Waals surface area (Å²) in [7, 11) is 0. The van der Waals surface area contributed by atoms with Gasteiger partial charge in [-0.1, -0.05) is 25.1 Å². The van der Waals surface area contributed by atoms with E-state index in [0.717, 1.165) is 19.8 Å². The van der Waals surface area contributed by atoms with Gasteiger partial charge in [0.25, 0.3) is 0 Å². The first-order valence-electron chi connectivity index (χ1n) is 6.61. The Hall–Kier alpha value is -1.85. The predicted molar refractivity (Wildman–Crippen MR) is 73.8 cm³/mol. The maximum Gasteiger partial charge on any atom is 0.339 e. The second-order valence-electron chi connectivity index (χ2n) is 5.61. The Morgan fingerprint density at radius 3 is 2.80 bits per heavy atom. The number of benzene rings is 1. The molecule has 2 heterocycles. The van der Waals surface area contributed by atoms with E-state index in [1.807, 2.05) is 12.1 Å². The number of aromatic carboxylic acids is 1. The summed E-state index contributed by atoms with van der Waals surface area (Å²) in [5.74, 6) is -0.479. The SMILES string of the molecule is CC1(CNCc2oc3ccccc3c2C(=O)O)COC1. The summed E-state index contributed by atoms with van der Waals surface area (Å²) in [6, 6.07) is 7.20. The van der Waals surface area contributed by atoms with Crippen LogP contribution in [0.5, 0.6) is 0 Å². The van der Waals surface area contributed by atoms with Crippen molar-refractivity contribution in [3.05, 3.63) is 35.6 Å². The van der Waals surface area contributed by atoms with Crippen LogP contribution in [0.25, 0.3) is 11.0 Å². The Morgan fingerprint density at radius 2 is 2.15 bits per heavy atom. The van der Waals surface area contributed by atoms with Crippen LogP contribution in [0.2, 0.25) is 0 Å². The minimum Gasteiger partial charge on any atom is -0.478 e. The molecule has 1 aliphatic heterocycles. The number of hydrogen-bond donors (Lipinski definition) is 2. The monoisotopic (exact) mass is 275 g/mol. The van der Waals surface area contributed by atoms with Gasteiger partial charge in [-0.3, -0.25) is 0 Å². The van der Waals surface area contributed by atoms with Gasteiger partial charge < -0.3 is 19.6 Å². The van der Waals surface area contributed by atoms with Crippen molar-refractivity contribution in [3.63, 3.8) is 0 Å². The van der Waals surface area contributed by atoms with E-state index in [9.17, 15) is 9.90 Å². The van der Waals surface area contributed by atoms with E-state index in [1.54, 1.807) is 12.1 Å². The standard InChI is InChI=1S/C15H17NO4/c1-15(8-19-9-15)7-16-6-12-13(14(17)18)10-4-2-3-5-11(10)20-12/h2-5,16H,6-9H2,1H3,(H,17,18). The van der Waals surface area contributed by atoms with Crippen LogP contribution in [0.1, 0.15) is 23.0 Å². The van der Waals surface area contributed by atoms with Gasteiger partial charge in [0.1, 0.15) is 16.9 Å². The molecule has 1 fully saturated rings. The first-order chi connectivity index (χ1) is 9.59. The summed E-state index contributed by atoms with van der Waals surface area (Å²) in [4.78, 5) is 11.4. The van der Waals surface area contributed by atoms with Crippen LogP contribution in [0, 0.1) is 5.41 Å². The van der Waals surface area contributed by atoms with Crippen molar-refractivity contribution >= 4 is 16.9 Å². The summed E-state index contributed by atoms with van der Waals surface area (Å²) in [6.07, 6.45) is 0. The summed E-state index contributed by atoms with van der Waals surface area (Å²) in [5.41, 5.74) is 1.01. The second kappa shape index (κ2) is 4.92. The molecule has 0 atom stereocenters. The van der Waals surface area contributed by atoms with Crippen molar-refractivity contribution in [2.24, 2.45) is 5.41 Å². The maximum atomic E-state index is 11.4. The fraction of sp³-hybridized carbons (Fsp3) is 0.400. The first kappa shape index (κ1) is 13.1. The van der Waals surface area contributed by atoms with Gasteiger partial charge in [-0.2, -0.15) is 0 Å². The first-order valence-corrected chi connectivity index (χ1v) is 6.61. The number of carboxylic acids is 1. The zero-order valence-electron chi connectivity index (χ0n) is 11.3. The quantitative estimate of drug-likeness (QED) is 0.875. The molecule has 0 radical (unpaired) electrons.